The van der Waals surface area contributed by atoms with E-state index in [0.717, 1.165) is 61.7 Å². The minimum atomic E-state index is 0.0675. The Bertz CT molecular complexity index is 780. The fourth-order valence-electron chi connectivity index (χ4n) is 3.23. The zero-order valence-electron chi connectivity index (χ0n) is 13.3. The fraction of sp³-hybridized carbons (Fsp3) is 0.444. The molecule has 2 heterocycles. The first-order chi connectivity index (χ1) is 11.2. The van der Waals surface area contributed by atoms with Gasteiger partial charge in [0.2, 0.25) is 0 Å². The average molecular weight is 311 g/mol. The molecule has 0 amide bonds. The molecule has 1 aliphatic carbocycles. The van der Waals surface area contributed by atoms with Crippen LogP contribution in [0.15, 0.2) is 29.1 Å². The number of ether oxygens (including phenoxy) is 1. The van der Waals surface area contributed by atoms with Crippen LogP contribution in [0, 0.1) is 0 Å². The third-order valence-corrected chi connectivity index (χ3v) is 4.68. The molecule has 0 unspecified atom stereocenters. The number of nitrogens with one attached hydrogen (secondary N) is 1. The van der Waals surface area contributed by atoms with Crippen LogP contribution in [-0.2, 0) is 19.5 Å². The van der Waals surface area contributed by atoms with E-state index in [2.05, 4.69) is 22.0 Å². The van der Waals surface area contributed by atoms with Gasteiger partial charge in [-0.3, -0.25) is 9.69 Å². The first-order valence-electron chi connectivity index (χ1n) is 8.20. The molecular formula is C18H21N3O2. The summed E-state index contributed by atoms with van der Waals surface area (Å²) >= 11 is 0. The number of nitrogens with zero attached hydrogens (tertiary/aromatic N) is 2. The molecule has 1 aromatic heterocycles. The van der Waals surface area contributed by atoms with E-state index in [9.17, 15) is 4.79 Å². The number of methoxy groups -OCH3 is 1. The summed E-state index contributed by atoms with van der Waals surface area (Å²) in [5.74, 6) is 2.24. The van der Waals surface area contributed by atoms with E-state index in [1.165, 1.54) is 5.56 Å². The highest BCUT2D eigenvalue weighted by Gasteiger charge is 2.29. The summed E-state index contributed by atoms with van der Waals surface area (Å²) in [6, 6.07) is 8.15. The summed E-state index contributed by atoms with van der Waals surface area (Å²) in [5.41, 5.74) is 3.12. The monoisotopic (exact) mass is 311 g/mol. The molecule has 0 atom stereocenters. The molecule has 23 heavy (non-hydrogen) atoms. The Hall–Kier alpha value is -2.14. The van der Waals surface area contributed by atoms with Gasteiger partial charge >= 0.3 is 0 Å². The van der Waals surface area contributed by atoms with Crippen LogP contribution >= 0.6 is 0 Å². The molecule has 1 aliphatic heterocycles. The van der Waals surface area contributed by atoms with Crippen LogP contribution in [0.2, 0.25) is 0 Å². The van der Waals surface area contributed by atoms with Gasteiger partial charge in [0, 0.05) is 31.1 Å². The summed E-state index contributed by atoms with van der Waals surface area (Å²) in [6.07, 6.45) is 3.07. The smallest absolute Gasteiger partial charge is 0.254 e. The molecule has 1 fully saturated rings. The first kappa shape index (κ1) is 14.5. The predicted octanol–water partition coefficient (Wildman–Crippen LogP) is 2.21. The number of hydrogen-bond acceptors (Lipinski definition) is 4. The van der Waals surface area contributed by atoms with Crippen molar-refractivity contribution >= 4 is 0 Å². The van der Waals surface area contributed by atoms with E-state index >= 15 is 0 Å². The van der Waals surface area contributed by atoms with E-state index in [0.29, 0.717) is 5.92 Å². The second-order valence-corrected chi connectivity index (χ2v) is 6.46. The van der Waals surface area contributed by atoms with Crippen molar-refractivity contribution in [1.29, 1.82) is 0 Å². The Balaban J connectivity index is 1.54. The summed E-state index contributed by atoms with van der Waals surface area (Å²) in [4.78, 5) is 22.3. The third-order valence-electron chi connectivity index (χ3n) is 4.68. The van der Waals surface area contributed by atoms with Crippen molar-refractivity contribution in [3.8, 4) is 5.75 Å². The lowest BCUT2D eigenvalue weighted by Crippen LogP contribution is -2.35. The molecule has 0 radical (unpaired) electrons. The van der Waals surface area contributed by atoms with Crippen LogP contribution in [0.25, 0.3) is 0 Å². The lowest BCUT2D eigenvalue weighted by Gasteiger charge is -2.27. The maximum absolute atomic E-state index is 12.2. The van der Waals surface area contributed by atoms with Crippen LogP contribution in [0.4, 0.5) is 0 Å². The van der Waals surface area contributed by atoms with E-state index in [1.54, 1.807) is 7.11 Å². The van der Waals surface area contributed by atoms with Crippen molar-refractivity contribution in [2.75, 3.05) is 13.7 Å². The molecule has 1 aromatic carbocycles. The van der Waals surface area contributed by atoms with E-state index in [4.69, 9.17) is 9.72 Å². The Labute approximate surface area is 135 Å². The fourth-order valence-corrected chi connectivity index (χ4v) is 3.23. The Morgan fingerprint density at radius 2 is 2.26 bits per heavy atom. The maximum atomic E-state index is 12.2. The van der Waals surface area contributed by atoms with Gasteiger partial charge in [-0.1, -0.05) is 12.1 Å². The predicted molar refractivity (Wildman–Crippen MR) is 87.6 cm³/mol. The van der Waals surface area contributed by atoms with Gasteiger partial charge in [-0.15, -0.1) is 0 Å². The van der Waals surface area contributed by atoms with Gasteiger partial charge in [-0.2, -0.15) is 0 Å². The number of fused-ring (bicyclic) bond motifs is 1. The summed E-state index contributed by atoms with van der Waals surface area (Å²) in [5, 5.41) is 0. The minimum Gasteiger partial charge on any atom is -0.497 e. The van der Waals surface area contributed by atoms with Crippen molar-refractivity contribution < 1.29 is 4.74 Å². The Morgan fingerprint density at radius 3 is 3.04 bits per heavy atom. The topological polar surface area (TPSA) is 58.2 Å². The normalized spacial score (nSPS) is 17.8. The lowest BCUT2D eigenvalue weighted by atomic mass is 10.1. The van der Waals surface area contributed by atoms with Crippen molar-refractivity contribution in [2.45, 2.75) is 38.3 Å². The average Bonchev–Trinajstić information content (AvgIpc) is 3.39. The van der Waals surface area contributed by atoms with Crippen LogP contribution < -0.4 is 10.3 Å². The number of aromatic amines is 1. The SMILES string of the molecule is COc1cccc(CN2CCc3c(nc(C4CC4)[nH]c3=O)C2)c1. The van der Waals surface area contributed by atoms with Gasteiger partial charge in [-0.05, 0) is 37.0 Å². The van der Waals surface area contributed by atoms with E-state index in [1.807, 2.05) is 12.1 Å². The van der Waals surface area contributed by atoms with Crippen molar-refractivity contribution in [1.82, 2.24) is 14.9 Å². The summed E-state index contributed by atoms with van der Waals surface area (Å²) in [6.45, 7) is 2.48. The summed E-state index contributed by atoms with van der Waals surface area (Å²) < 4.78 is 5.29. The zero-order valence-corrected chi connectivity index (χ0v) is 13.3. The molecule has 0 spiro atoms. The number of hydrogen-bond donors (Lipinski definition) is 1. The zero-order chi connectivity index (χ0) is 15.8. The Kier molecular flexibility index (Phi) is 3.65. The second-order valence-electron chi connectivity index (χ2n) is 6.46. The first-order valence-corrected chi connectivity index (χ1v) is 8.20. The molecule has 0 bridgehead atoms. The molecule has 5 heteroatoms. The number of H-pyrrole nitrogens is 1. The van der Waals surface area contributed by atoms with Gasteiger partial charge < -0.3 is 9.72 Å². The highest BCUT2D eigenvalue weighted by atomic mass is 16.5. The highest BCUT2D eigenvalue weighted by Crippen LogP contribution is 2.37. The van der Waals surface area contributed by atoms with Gasteiger partial charge in [0.05, 0.1) is 12.8 Å². The largest absolute Gasteiger partial charge is 0.497 e. The van der Waals surface area contributed by atoms with Gasteiger partial charge in [-0.25, -0.2) is 4.98 Å². The number of aromatic nitrogens is 2. The van der Waals surface area contributed by atoms with E-state index < -0.39 is 0 Å². The van der Waals surface area contributed by atoms with Gasteiger partial charge in [0.1, 0.15) is 11.6 Å². The van der Waals surface area contributed by atoms with Gasteiger partial charge in [0.25, 0.3) is 5.56 Å². The third kappa shape index (κ3) is 3.01. The molecule has 1 N–H and O–H groups in total. The van der Waals surface area contributed by atoms with E-state index in [-0.39, 0.29) is 5.56 Å². The van der Waals surface area contributed by atoms with Crippen LogP contribution in [0.3, 0.4) is 0 Å². The second kappa shape index (κ2) is 5.81. The summed E-state index contributed by atoms with van der Waals surface area (Å²) in [7, 11) is 1.69. The number of benzene rings is 1. The molecule has 2 aliphatic rings. The van der Waals surface area contributed by atoms with Crippen LogP contribution in [0.5, 0.6) is 5.75 Å². The maximum Gasteiger partial charge on any atom is 0.254 e. The van der Waals surface area contributed by atoms with Crippen LogP contribution in [0.1, 0.15) is 41.4 Å². The molecule has 0 saturated heterocycles. The van der Waals surface area contributed by atoms with Crippen LogP contribution in [-0.4, -0.2) is 28.5 Å². The molecule has 1 saturated carbocycles. The lowest BCUT2D eigenvalue weighted by molar-refractivity contribution is 0.239. The standard InChI is InChI=1S/C18H21N3O2/c1-23-14-4-2-3-12(9-14)10-21-8-7-15-16(11-21)19-17(13-5-6-13)20-18(15)22/h2-4,9,13H,5-8,10-11H2,1H3,(H,19,20,22). The Morgan fingerprint density at radius 1 is 1.39 bits per heavy atom. The highest BCUT2D eigenvalue weighted by molar-refractivity contribution is 5.29. The van der Waals surface area contributed by atoms with Crippen molar-refractivity contribution in [2.24, 2.45) is 0 Å². The van der Waals surface area contributed by atoms with Crippen molar-refractivity contribution in [3.05, 3.63) is 57.3 Å². The molecule has 5 nitrogen and oxygen atoms in total. The van der Waals surface area contributed by atoms with Crippen molar-refractivity contribution in [3.63, 3.8) is 0 Å². The minimum absolute atomic E-state index is 0.0675. The quantitative estimate of drug-likeness (QED) is 0.940. The molecule has 2 aromatic rings. The molecule has 120 valence electrons. The van der Waals surface area contributed by atoms with Gasteiger partial charge in [0.15, 0.2) is 0 Å². The number of rotatable bonds is 4. The molecule has 4 rings (SSSR count). The molecular weight excluding hydrogens is 290 g/mol.